The van der Waals surface area contributed by atoms with Crippen LogP contribution in [-0.4, -0.2) is 39.0 Å². The minimum absolute atomic E-state index is 0.0490. The number of aromatic nitrogens is 2. The molecule has 0 saturated heterocycles. The molecule has 0 spiro atoms. The van der Waals surface area contributed by atoms with Crippen LogP contribution in [0.4, 0.5) is 0 Å². The van der Waals surface area contributed by atoms with Crippen LogP contribution in [0.25, 0.3) is 16.6 Å². The van der Waals surface area contributed by atoms with Crippen LogP contribution in [0.1, 0.15) is 42.6 Å². The van der Waals surface area contributed by atoms with Crippen molar-refractivity contribution in [1.29, 1.82) is 0 Å². The summed E-state index contributed by atoms with van der Waals surface area (Å²) in [5.74, 6) is 0.651. The summed E-state index contributed by atoms with van der Waals surface area (Å²) in [7, 11) is 0. The molecule has 1 amide bonds. The Morgan fingerprint density at radius 3 is 2.69 bits per heavy atom. The Labute approximate surface area is 168 Å². The molecule has 0 unspecified atom stereocenters. The van der Waals surface area contributed by atoms with E-state index in [0.717, 1.165) is 31.4 Å². The number of ether oxygens (including phenoxy) is 1. The van der Waals surface area contributed by atoms with Crippen LogP contribution in [0.15, 0.2) is 47.5 Å². The van der Waals surface area contributed by atoms with E-state index in [2.05, 4.69) is 4.98 Å². The molecule has 5 rings (SSSR count). The third-order valence-electron chi connectivity index (χ3n) is 5.57. The second-order valence-corrected chi connectivity index (χ2v) is 8.06. The Morgan fingerprint density at radius 1 is 1.14 bits per heavy atom. The largest absolute Gasteiger partial charge is 0.489 e. The van der Waals surface area contributed by atoms with E-state index in [1.54, 1.807) is 6.07 Å². The number of carbonyl (C=O) groups excluding carboxylic acids is 1. The molecule has 2 aliphatic rings. The third kappa shape index (κ3) is 3.09. The van der Waals surface area contributed by atoms with Crippen molar-refractivity contribution in [3.05, 3.63) is 64.2 Å². The Bertz CT molecular complexity index is 1180. The first-order valence-electron chi connectivity index (χ1n) is 10.1. The van der Waals surface area contributed by atoms with Gasteiger partial charge in [0.15, 0.2) is 0 Å². The Hall–Kier alpha value is -3.15. The highest BCUT2D eigenvalue weighted by Crippen LogP contribution is 2.35. The van der Waals surface area contributed by atoms with Gasteiger partial charge in [-0.15, -0.1) is 0 Å². The first-order chi connectivity index (χ1) is 14.0. The van der Waals surface area contributed by atoms with Crippen LogP contribution in [0.3, 0.4) is 0 Å². The maximum Gasteiger partial charge on any atom is 0.265 e. The first-order valence-corrected chi connectivity index (χ1v) is 10.1. The summed E-state index contributed by atoms with van der Waals surface area (Å²) in [5, 5.41) is 0.536. The van der Waals surface area contributed by atoms with Gasteiger partial charge in [-0.2, -0.15) is 0 Å². The maximum atomic E-state index is 13.2. The van der Waals surface area contributed by atoms with Gasteiger partial charge in [0.2, 0.25) is 0 Å². The lowest BCUT2D eigenvalue weighted by Gasteiger charge is -2.30. The van der Waals surface area contributed by atoms with E-state index in [0.29, 0.717) is 33.9 Å². The molecule has 0 N–H and O–H groups in total. The molecule has 1 saturated carbocycles. The zero-order valence-corrected chi connectivity index (χ0v) is 16.6. The average Bonchev–Trinajstić information content (AvgIpc) is 3.54. The Morgan fingerprint density at radius 2 is 1.93 bits per heavy atom. The topological polar surface area (TPSA) is 64.4 Å². The van der Waals surface area contributed by atoms with E-state index >= 15 is 0 Å². The van der Waals surface area contributed by atoms with Gasteiger partial charge in [0.05, 0.1) is 22.7 Å². The molecule has 2 aromatic carbocycles. The maximum absolute atomic E-state index is 13.2. The van der Waals surface area contributed by atoms with E-state index in [4.69, 9.17) is 4.74 Å². The molecule has 3 aromatic rings. The van der Waals surface area contributed by atoms with Gasteiger partial charge < -0.3 is 9.64 Å². The molecule has 2 heterocycles. The molecule has 0 radical (unpaired) electrons. The van der Waals surface area contributed by atoms with Crippen molar-refractivity contribution in [2.75, 3.05) is 6.54 Å². The summed E-state index contributed by atoms with van der Waals surface area (Å²) >= 11 is 0. The molecule has 1 aromatic heterocycles. The smallest absolute Gasteiger partial charge is 0.265 e. The number of nitrogens with zero attached hydrogens (tertiary/aromatic N) is 3. The van der Waals surface area contributed by atoms with Crippen LogP contribution in [0.2, 0.25) is 0 Å². The number of fused-ring (bicyclic) bond motifs is 2. The molecule has 6 heteroatoms. The molecular weight excluding hydrogens is 366 g/mol. The van der Waals surface area contributed by atoms with Gasteiger partial charge in [0.1, 0.15) is 12.1 Å². The number of para-hydroxylation sites is 1. The van der Waals surface area contributed by atoms with Crippen molar-refractivity contribution in [1.82, 2.24) is 14.5 Å². The van der Waals surface area contributed by atoms with Crippen molar-refractivity contribution in [3.8, 4) is 11.4 Å². The normalized spacial score (nSPS) is 16.4. The summed E-state index contributed by atoms with van der Waals surface area (Å²) in [6, 6.07) is 11.4. The summed E-state index contributed by atoms with van der Waals surface area (Å²) in [6.07, 6.45) is 4.42. The molecule has 29 heavy (non-hydrogen) atoms. The number of amides is 1. The van der Waals surface area contributed by atoms with Crippen molar-refractivity contribution >= 4 is 16.8 Å². The third-order valence-corrected chi connectivity index (χ3v) is 5.57. The molecule has 6 nitrogen and oxygen atoms in total. The Kier molecular flexibility index (Phi) is 4.15. The van der Waals surface area contributed by atoms with E-state index in [-0.39, 0.29) is 17.6 Å². The minimum Gasteiger partial charge on any atom is -0.489 e. The van der Waals surface area contributed by atoms with E-state index in [9.17, 15) is 9.59 Å². The zero-order chi connectivity index (χ0) is 20.1. The second-order valence-electron chi connectivity index (χ2n) is 8.06. The highest BCUT2D eigenvalue weighted by atomic mass is 16.5. The number of hydrogen-bond acceptors (Lipinski definition) is 4. The van der Waals surface area contributed by atoms with Crippen LogP contribution in [-0.2, 0) is 6.42 Å². The highest BCUT2D eigenvalue weighted by Gasteiger charge is 2.36. The van der Waals surface area contributed by atoms with Crippen molar-refractivity contribution in [2.24, 2.45) is 0 Å². The molecule has 1 fully saturated rings. The van der Waals surface area contributed by atoms with E-state index in [1.165, 1.54) is 10.9 Å². The molecule has 1 aliphatic heterocycles. The zero-order valence-electron chi connectivity index (χ0n) is 16.6. The van der Waals surface area contributed by atoms with Gasteiger partial charge in [-0.3, -0.25) is 14.2 Å². The number of carbonyl (C=O) groups is 1. The van der Waals surface area contributed by atoms with E-state index in [1.807, 2.05) is 49.1 Å². The lowest BCUT2D eigenvalue weighted by molar-refractivity contribution is 0.0726. The first kappa shape index (κ1) is 17.9. The number of benzene rings is 2. The highest BCUT2D eigenvalue weighted by molar-refractivity contribution is 5.98. The van der Waals surface area contributed by atoms with Gasteiger partial charge in [0.25, 0.3) is 11.5 Å². The van der Waals surface area contributed by atoms with Gasteiger partial charge in [0, 0.05) is 18.2 Å². The fourth-order valence-electron chi connectivity index (χ4n) is 4.03. The number of hydrogen-bond donors (Lipinski definition) is 0. The fraction of sp³-hybridized carbons (Fsp3) is 0.348. The van der Waals surface area contributed by atoms with Crippen molar-refractivity contribution < 1.29 is 9.53 Å². The molecule has 1 aliphatic carbocycles. The van der Waals surface area contributed by atoms with Crippen LogP contribution >= 0.6 is 0 Å². The molecule has 0 atom stereocenters. The average molecular weight is 389 g/mol. The summed E-state index contributed by atoms with van der Waals surface area (Å²) in [5.41, 5.74) is 2.68. The van der Waals surface area contributed by atoms with Crippen LogP contribution in [0, 0.1) is 0 Å². The second kappa shape index (κ2) is 6.72. The minimum atomic E-state index is -0.175. The van der Waals surface area contributed by atoms with Gasteiger partial charge >= 0.3 is 0 Å². The standard InChI is InChI=1S/C23H23N3O3/c1-14(2)29-21-11-15-9-10-25(16-7-8-16)23(28)18(15)12-20(21)26-13-24-19-6-4-3-5-17(19)22(26)27/h3-6,11-14,16H,7-10H2,1-2H3. The summed E-state index contributed by atoms with van der Waals surface area (Å²) in [4.78, 5) is 32.7. The van der Waals surface area contributed by atoms with Crippen molar-refractivity contribution in [3.63, 3.8) is 0 Å². The molecular formula is C23H23N3O3. The molecule has 148 valence electrons. The predicted octanol–water partition coefficient (Wildman–Crippen LogP) is 3.33. The van der Waals surface area contributed by atoms with Crippen LogP contribution < -0.4 is 10.3 Å². The van der Waals surface area contributed by atoms with Crippen molar-refractivity contribution in [2.45, 2.75) is 45.3 Å². The summed E-state index contributed by atoms with van der Waals surface area (Å²) in [6.45, 7) is 4.64. The fourth-order valence-corrected chi connectivity index (χ4v) is 4.03. The quantitative estimate of drug-likeness (QED) is 0.687. The predicted molar refractivity (Wildman–Crippen MR) is 111 cm³/mol. The monoisotopic (exact) mass is 389 g/mol. The number of rotatable bonds is 4. The van der Waals surface area contributed by atoms with Gasteiger partial charge in [-0.25, -0.2) is 4.98 Å². The summed E-state index contributed by atoms with van der Waals surface area (Å²) < 4.78 is 7.53. The van der Waals surface area contributed by atoms with E-state index < -0.39 is 0 Å². The Balaban J connectivity index is 1.70. The van der Waals surface area contributed by atoms with Gasteiger partial charge in [-0.05, 0) is 62.9 Å². The van der Waals surface area contributed by atoms with Crippen LogP contribution in [0.5, 0.6) is 5.75 Å². The lowest BCUT2D eigenvalue weighted by atomic mass is 9.97. The molecule has 0 bridgehead atoms. The van der Waals surface area contributed by atoms with Gasteiger partial charge in [-0.1, -0.05) is 12.1 Å². The lowest BCUT2D eigenvalue weighted by Crippen LogP contribution is -2.39. The SMILES string of the molecule is CC(C)Oc1cc2c(cc1-n1cnc3ccccc3c1=O)C(=O)N(C1CC1)CC2.